The first kappa shape index (κ1) is 15.9. The monoisotopic (exact) mass is 390 g/mol. The smallest absolute Gasteiger partial charge is 0.170 e. The fraction of sp³-hybridized carbons (Fsp3) is 0.500. The van der Waals surface area contributed by atoms with Gasteiger partial charge in [0.05, 0.1) is 13.2 Å². The molecule has 22 heavy (non-hydrogen) atoms. The highest BCUT2D eigenvalue weighted by molar-refractivity contribution is 9.10. The number of nitrogens with two attached hydrogens (primary N) is 1. The summed E-state index contributed by atoms with van der Waals surface area (Å²) in [5.41, 5.74) is 4.80. The van der Waals surface area contributed by atoms with Crippen LogP contribution < -0.4 is 5.73 Å². The Hall–Kier alpha value is -0.990. The molecule has 8 heteroatoms. The Morgan fingerprint density at radius 3 is 2.82 bits per heavy atom. The van der Waals surface area contributed by atoms with Crippen LogP contribution in [0.1, 0.15) is 19.4 Å². The summed E-state index contributed by atoms with van der Waals surface area (Å²) in [4.78, 5) is 4.43. The minimum Gasteiger partial charge on any atom is -0.386 e. The Morgan fingerprint density at radius 2 is 2.14 bits per heavy atom. The molecule has 1 aromatic rings. The maximum absolute atomic E-state index is 14.4. The number of hydrogen-bond acceptors (Lipinski definition) is 5. The van der Waals surface area contributed by atoms with E-state index < -0.39 is 31.2 Å². The first-order valence-corrected chi connectivity index (χ1v) is 9.09. The molecule has 1 fully saturated rings. The summed E-state index contributed by atoms with van der Waals surface area (Å²) in [5, 5.41) is -0.953. The second-order valence-corrected chi connectivity index (χ2v) is 9.70. The van der Waals surface area contributed by atoms with Crippen molar-refractivity contribution in [3.05, 3.63) is 34.1 Å². The van der Waals surface area contributed by atoms with E-state index in [4.69, 9.17) is 10.5 Å². The van der Waals surface area contributed by atoms with Gasteiger partial charge in [-0.05, 0) is 32.0 Å². The Labute approximate surface area is 136 Å². The number of sulfone groups is 1. The summed E-state index contributed by atoms with van der Waals surface area (Å²) in [6.07, 6.45) is 0. The molecule has 1 saturated heterocycles. The van der Waals surface area contributed by atoms with Crippen LogP contribution >= 0.6 is 15.9 Å². The van der Waals surface area contributed by atoms with Crippen molar-refractivity contribution in [1.82, 2.24) is 0 Å². The number of fused-ring (bicyclic) bond motifs is 1. The molecule has 1 aromatic carbocycles. The lowest BCUT2D eigenvalue weighted by molar-refractivity contribution is 0.178. The van der Waals surface area contributed by atoms with Gasteiger partial charge < -0.3 is 10.5 Å². The van der Waals surface area contributed by atoms with Crippen LogP contribution in [0.5, 0.6) is 0 Å². The molecule has 2 aliphatic rings. The lowest BCUT2D eigenvalue weighted by atomic mass is 9.88. The number of halogens is 2. The van der Waals surface area contributed by atoms with Crippen LogP contribution in [0.4, 0.5) is 4.39 Å². The number of aliphatic imine (C=N–C) groups is 1. The molecular weight excluding hydrogens is 375 g/mol. The molecule has 5 nitrogen and oxygen atoms in total. The number of rotatable bonds is 1. The van der Waals surface area contributed by atoms with Gasteiger partial charge in [-0.25, -0.2) is 12.8 Å². The van der Waals surface area contributed by atoms with Crippen LogP contribution in [0, 0.1) is 5.82 Å². The molecule has 120 valence electrons. The lowest BCUT2D eigenvalue weighted by Gasteiger charge is -2.41. The summed E-state index contributed by atoms with van der Waals surface area (Å²) >= 11 is 3.29. The third kappa shape index (κ3) is 1.90. The SMILES string of the molecule is CC1(C)C(N)=N[C@]2(c3cc(Br)ccc3F)COC[C@@H]2S1(=O)=O. The van der Waals surface area contributed by atoms with Crippen LogP contribution in [0.15, 0.2) is 27.7 Å². The third-order valence-electron chi connectivity index (χ3n) is 4.54. The van der Waals surface area contributed by atoms with Gasteiger partial charge in [0, 0.05) is 10.0 Å². The molecule has 0 aromatic heterocycles. The normalized spacial score (nSPS) is 32.4. The lowest BCUT2D eigenvalue weighted by Crippen LogP contribution is -2.60. The molecule has 0 unspecified atom stereocenters. The molecule has 0 radical (unpaired) electrons. The van der Waals surface area contributed by atoms with E-state index in [0.29, 0.717) is 4.47 Å². The Morgan fingerprint density at radius 1 is 1.45 bits per heavy atom. The molecule has 0 bridgehead atoms. The molecule has 0 aliphatic carbocycles. The van der Waals surface area contributed by atoms with Crippen molar-refractivity contribution in [2.45, 2.75) is 29.4 Å². The minimum absolute atomic E-state index is 0.0128. The van der Waals surface area contributed by atoms with E-state index in [1.54, 1.807) is 12.1 Å². The molecule has 3 rings (SSSR count). The van der Waals surface area contributed by atoms with Gasteiger partial charge in [0.25, 0.3) is 0 Å². The average molecular weight is 391 g/mol. The number of ether oxygens (including phenoxy) is 1. The van der Waals surface area contributed by atoms with Gasteiger partial charge in [0.1, 0.15) is 27.2 Å². The van der Waals surface area contributed by atoms with Crippen LogP contribution in [-0.4, -0.2) is 37.5 Å². The van der Waals surface area contributed by atoms with E-state index in [1.165, 1.54) is 19.9 Å². The third-order valence-corrected chi connectivity index (χ3v) is 7.94. The van der Waals surface area contributed by atoms with Crippen molar-refractivity contribution in [1.29, 1.82) is 0 Å². The number of amidine groups is 1. The van der Waals surface area contributed by atoms with Gasteiger partial charge in [-0.1, -0.05) is 15.9 Å². The van der Waals surface area contributed by atoms with Crippen LogP contribution in [0.3, 0.4) is 0 Å². The Balaban J connectivity index is 2.33. The van der Waals surface area contributed by atoms with Gasteiger partial charge in [-0.2, -0.15) is 0 Å². The van der Waals surface area contributed by atoms with Gasteiger partial charge in [0.2, 0.25) is 0 Å². The zero-order valence-corrected chi connectivity index (χ0v) is 14.5. The molecule has 0 amide bonds. The van der Waals surface area contributed by atoms with Crippen LogP contribution in [-0.2, 0) is 20.1 Å². The van der Waals surface area contributed by atoms with Crippen molar-refractivity contribution >= 4 is 31.6 Å². The molecule has 2 heterocycles. The standard InChI is InChI=1S/C14H16BrFN2O3S/c1-13(2)12(17)18-14(7-21-6-11(14)22(13,19)20)9-5-8(15)3-4-10(9)16/h3-5,11H,6-7H2,1-2H3,(H2,17,18)/t11-,14-/m0/s1. The number of benzene rings is 1. The fourth-order valence-corrected chi connectivity index (χ4v) is 5.44. The maximum Gasteiger partial charge on any atom is 0.170 e. The fourth-order valence-electron chi connectivity index (χ4n) is 2.99. The topological polar surface area (TPSA) is 81.8 Å². The number of hydrogen-bond donors (Lipinski definition) is 1. The first-order valence-electron chi connectivity index (χ1n) is 6.75. The van der Waals surface area contributed by atoms with Crippen LogP contribution in [0.2, 0.25) is 0 Å². The Bertz CT molecular complexity index is 778. The summed E-state index contributed by atoms with van der Waals surface area (Å²) < 4.78 is 45.0. The highest BCUT2D eigenvalue weighted by Gasteiger charge is 2.61. The van der Waals surface area contributed by atoms with Crippen molar-refractivity contribution in [2.75, 3.05) is 13.2 Å². The van der Waals surface area contributed by atoms with E-state index in [1.807, 2.05) is 0 Å². The Kier molecular flexibility index (Phi) is 3.43. The zero-order valence-electron chi connectivity index (χ0n) is 12.1. The molecule has 2 N–H and O–H groups in total. The van der Waals surface area contributed by atoms with Crippen molar-refractivity contribution in [3.8, 4) is 0 Å². The predicted octanol–water partition coefficient (Wildman–Crippen LogP) is 1.75. The van der Waals surface area contributed by atoms with Gasteiger partial charge >= 0.3 is 0 Å². The van der Waals surface area contributed by atoms with Crippen molar-refractivity contribution in [2.24, 2.45) is 10.7 Å². The summed E-state index contributed by atoms with van der Waals surface area (Å²) in [7, 11) is -3.69. The summed E-state index contributed by atoms with van der Waals surface area (Å²) in [5.74, 6) is -0.543. The second kappa shape index (κ2) is 4.75. The minimum atomic E-state index is -3.69. The van der Waals surface area contributed by atoms with E-state index in [9.17, 15) is 12.8 Å². The van der Waals surface area contributed by atoms with Gasteiger partial charge in [-0.15, -0.1) is 0 Å². The first-order chi connectivity index (χ1) is 10.1. The van der Waals surface area contributed by atoms with Crippen LogP contribution in [0.25, 0.3) is 0 Å². The average Bonchev–Trinajstić information content (AvgIpc) is 2.85. The molecular formula is C14H16BrFN2O3S. The maximum atomic E-state index is 14.4. The van der Waals surface area contributed by atoms with E-state index >= 15 is 0 Å². The molecule has 0 spiro atoms. The van der Waals surface area contributed by atoms with E-state index in [2.05, 4.69) is 20.9 Å². The molecule has 2 aliphatic heterocycles. The zero-order chi connectivity index (χ0) is 16.3. The van der Waals surface area contributed by atoms with E-state index in [0.717, 1.165) is 0 Å². The summed E-state index contributed by atoms with van der Waals surface area (Å²) in [6, 6.07) is 4.37. The number of nitrogens with zero attached hydrogens (tertiary/aromatic N) is 1. The van der Waals surface area contributed by atoms with Gasteiger partial charge in [-0.3, -0.25) is 4.99 Å². The second-order valence-electron chi connectivity index (χ2n) is 6.10. The highest BCUT2D eigenvalue weighted by Crippen LogP contribution is 2.47. The van der Waals surface area contributed by atoms with Crippen molar-refractivity contribution in [3.63, 3.8) is 0 Å². The highest BCUT2D eigenvalue weighted by atomic mass is 79.9. The predicted molar refractivity (Wildman–Crippen MR) is 85.0 cm³/mol. The molecule has 0 saturated carbocycles. The largest absolute Gasteiger partial charge is 0.386 e. The van der Waals surface area contributed by atoms with Gasteiger partial charge in [0.15, 0.2) is 9.84 Å². The molecule has 2 atom stereocenters. The summed E-state index contributed by atoms with van der Waals surface area (Å²) in [6.45, 7) is 3.00. The van der Waals surface area contributed by atoms with Crippen molar-refractivity contribution < 1.29 is 17.5 Å². The van der Waals surface area contributed by atoms with E-state index in [-0.39, 0.29) is 24.6 Å². The quantitative estimate of drug-likeness (QED) is 0.791.